The Hall–Kier alpha value is -1.32. The van der Waals surface area contributed by atoms with Gasteiger partial charge in [-0.2, -0.15) is 0 Å². The summed E-state index contributed by atoms with van der Waals surface area (Å²) in [4.78, 5) is 25.9. The summed E-state index contributed by atoms with van der Waals surface area (Å²) in [5.74, 6) is 0.468. The first-order valence-corrected chi connectivity index (χ1v) is 8.29. The van der Waals surface area contributed by atoms with E-state index in [1.807, 2.05) is 4.90 Å². The Morgan fingerprint density at radius 2 is 2.24 bits per heavy atom. The molecule has 118 valence electrons. The minimum atomic E-state index is -0.156. The Kier molecular flexibility index (Phi) is 5.83. The fraction of sp³-hybridized carbons (Fsp3) is 0.765. The van der Waals surface area contributed by atoms with Crippen LogP contribution >= 0.6 is 0 Å². The summed E-state index contributed by atoms with van der Waals surface area (Å²) in [6, 6.07) is 0. The molecule has 1 aliphatic heterocycles. The standard InChI is InChI=1S/C17H28N2O2/c1-13(2)11-19-12-15(10-16(19)20)17(21)18-9-8-14-6-4-3-5-7-14/h6,13,15H,3-5,7-12H2,1-2H3,(H,18,21)/t15-/m1/s1. The van der Waals surface area contributed by atoms with Crippen LogP contribution in [-0.2, 0) is 9.59 Å². The largest absolute Gasteiger partial charge is 0.355 e. The molecule has 0 aromatic carbocycles. The fourth-order valence-corrected chi connectivity index (χ4v) is 3.19. The average molecular weight is 292 g/mol. The predicted molar refractivity (Wildman–Crippen MR) is 83.7 cm³/mol. The molecule has 4 nitrogen and oxygen atoms in total. The summed E-state index contributed by atoms with van der Waals surface area (Å²) >= 11 is 0. The summed E-state index contributed by atoms with van der Waals surface area (Å²) in [6.45, 7) is 6.25. The number of carbonyl (C=O) groups is 2. The lowest BCUT2D eigenvalue weighted by Crippen LogP contribution is -2.34. The van der Waals surface area contributed by atoms with Gasteiger partial charge in [-0.05, 0) is 38.0 Å². The van der Waals surface area contributed by atoms with Crippen LogP contribution in [-0.4, -0.2) is 36.3 Å². The summed E-state index contributed by atoms with van der Waals surface area (Å²) in [6.07, 6.45) is 8.60. The normalized spacial score (nSPS) is 22.6. The van der Waals surface area contributed by atoms with Crippen molar-refractivity contribution in [2.45, 2.75) is 52.4 Å². The lowest BCUT2D eigenvalue weighted by Gasteiger charge is -2.19. The van der Waals surface area contributed by atoms with E-state index in [1.54, 1.807) is 0 Å². The third-order valence-electron chi connectivity index (χ3n) is 4.30. The first-order valence-electron chi connectivity index (χ1n) is 8.29. The van der Waals surface area contributed by atoms with Gasteiger partial charge in [-0.1, -0.05) is 25.5 Å². The van der Waals surface area contributed by atoms with Crippen molar-refractivity contribution in [1.29, 1.82) is 0 Å². The maximum atomic E-state index is 12.2. The molecule has 2 rings (SSSR count). The highest BCUT2D eigenvalue weighted by atomic mass is 16.2. The van der Waals surface area contributed by atoms with E-state index in [1.165, 1.54) is 31.3 Å². The van der Waals surface area contributed by atoms with E-state index < -0.39 is 0 Å². The number of nitrogens with one attached hydrogen (secondary N) is 1. The molecule has 1 atom stereocenters. The molecule has 1 heterocycles. The molecule has 0 aromatic heterocycles. The Labute approximate surface area is 128 Å². The van der Waals surface area contributed by atoms with Gasteiger partial charge in [0.25, 0.3) is 0 Å². The summed E-state index contributed by atoms with van der Waals surface area (Å²) in [5.41, 5.74) is 1.48. The van der Waals surface area contributed by atoms with E-state index in [0.717, 1.165) is 13.0 Å². The molecule has 1 aliphatic carbocycles. The van der Waals surface area contributed by atoms with Gasteiger partial charge >= 0.3 is 0 Å². The summed E-state index contributed by atoms with van der Waals surface area (Å²) < 4.78 is 0. The second-order valence-corrected chi connectivity index (χ2v) is 6.74. The molecule has 0 radical (unpaired) electrons. The topological polar surface area (TPSA) is 49.4 Å². The van der Waals surface area contributed by atoms with E-state index in [2.05, 4.69) is 25.2 Å². The molecular formula is C17H28N2O2. The van der Waals surface area contributed by atoms with Crippen molar-refractivity contribution >= 4 is 11.8 Å². The van der Waals surface area contributed by atoms with Crippen molar-refractivity contribution in [2.24, 2.45) is 11.8 Å². The van der Waals surface area contributed by atoms with Crippen LogP contribution < -0.4 is 5.32 Å². The lowest BCUT2D eigenvalue weighted by molar-refractivity contribution is -0.129. The molecule has 1 saturated heterocycles. The van der Waals surface area contributed by atoms with E-state index in [9.17, 15) is 9.59 Å². The third-order valence-corrected chi connectivity index (χ3v) is 4.30. The van der Waals surface area contributed by atoms with Crippen LogP contribution in [0.4, 0.5) is 0 Å². The Morgan fingerprint density at radius 1 is 1.43 bits per heavy atom. The van der Waals surface area contributed by atoms with Crippen LogP contribution in [0, 0.1) is 11.8 Å². The smallest absolute Gasteiger partial charge is 0.225 e. The molecule has 0 spiro atoms. The van der Waals surface area contributed by atoms with E-state index >= 15 is 0 Å². The van der Waals surface area contributed by atoms with Gasteiger partial charge in [0.05, 0.1) is 5.92 Å². The Balaban J connectivity index is 1.71. The van der Waals surface area contributed by atoms with Gasteiger partial charge in [0.1, 0.15) is 0 Å². The number of allylic oxidation sites excluding steroid dienone is 1. The number of carbonyl (C=O) groups excluding carboxylic acids is 2. The number of rotatable bonds is 6. The molecule has 21 heavy (non-hydrogen) atoms. The van der Waals surface area contributed by atoms with Gasteiger partial charge in [-0.15, -0.1) is 0 Å². The third kappa shape index (κ3) is 4.87. The van der Waals surface area contributed by atoms with Crippen LogP contribution in [0.5, 0.6) is 0 Å². The van der Waals surface area contributed by atoms with Crippen LogP contribution in [0.15, 0.2) is 11.6 Å². The number of likely N-dealkylation sites (tertiary alicyclic amines) is 1. The number of nitrogens with zero attached hydrogens (tertiary/aromatic N) is 1. The van der Waals surface area contributed by atoms with Gasteiger partial charge in [0.2, 0.25) is 11.8 Å². The molecule has 2 amide bonds. The van der Waals surface area contributed by atoms with Gasteiger partial charge in [-0.25, -0.2) is 0 Å². The van der Waals surface area contributed by atoms with Crippen molar-refractivity contribution in [1.82, 2.24) is 10.2 Å². The number of hydrogen-bond donors (Lipinski definition) is 1. The second-order valence-electron chi connectivity index (χ2n) is 6.74. The minimum Gasteiger partial charge on any atom is -0.355 e. The van der Waals surface area contributed by atoms with E-state index in [0.29, 0.717) is 25.4 Å². The molecule has 4 heteroatoms. The van der Waals surface area contributed by atoms with Crippen molar-refractivity contribution in [3.8, 4) is 0 Å². The molecule has 0 bridgehead atoms. The van der Waals surface area contributed by atoms with Gasteiger partial charge in [-0.3, -0.25) is 9.59 Å². The predicted octanol–water partition coefficient (Wildman–Crippen LogP) is 2.50. The first-order chi connectivity index (χ1) is 10.1. The van der Waals surface area contributed by atoms with E-state index in [4.69, 9.17) is 0 Å². The summed E-state index contributed by atoms with van der Waals surface area (Å²) in [7, 11) is 0. The zero-order valence-electron chi connectivity index (χ0n) is 13.4. The SMILES string of the molecule is CC(C)CN1C[C@H](C(=O)NCCC2=CCCCC2)CC1=O. The van der Waals surface area contributed by atoms with Gasteiger partial charge in [0.15, 0.2) is 0 Å². The molecule has 1 fully saturated rings. The highest BCUT2D eigenvalue weighted by molar-refractivity contribution is 5.89. The van der Waals surface area contributed by atoms with Gasteiger partial charge in [0, 0.05) is 26.1 Å². The highest BCUT2D eigenvalue weighted by Crippen LogP contribution is 2.21. The zero-order valence-corrected chi connectivity index (χ0v) is 13.4. The quantitative estimate of drug-likeness (QED) is 0.765. The summed E-state index contributed by atoms with van der Waals surface area (Å²) in [5, 5.41) is 3.01. The molecule has 0 saturated carbocycles. The molecular weight excluding hydrogens is 264 g/mol. The average Bonchev–Trinajstić information content (AvgIpc) is 2.80. The highest BCUT2D eigenvalue weighted by Gasteiger charge is 2.34. The fourth-order valence-electron chi connectivity index (χ4n) is 3.19. The lowest BCUT2D eigenvalue weighted by atomic mass is 9.97. The molecule has 1 N–H and O–H groups in total. The van der Waals surface area contributed by atoms with Crippen LogP contribution in [0.3, 0.4) is 0 Å². The van der Waals surface area contributed by atoms with Crippen LogP contribution in [0.1, 0.15) is 52.4 Å². The Bertz CT molecular complexity index is 415. The van der Waals surface area contributed by atoms with Crippen molar-refractivity contribution < 1.29 is 9.59 Å². The van der Waals surface area contributed by atoms with Crippen LogP contribution in [0.25, 0.3) is 0 Å². The van der Waals surface area contributed by atoms with E-state index in [-0.39, 0.29) is 17.7 Å². The Morgan fingerprint density at radius 3 is 2.90 bits per heavy atom. The molecule has 0 aromatic rings. The second kappa shape index (κ2) is 7.62. The zero-order chi connectivity index (χ0) is 15.2. The minimum absolute atomic E-state index is 0.0472. The maximum Gasteiger partial charge on any atom is 0.225 e. The van der Waals surface area contributed by atoms with Crippen molar-refractivity contribution in [3.05, 3.63) is 11.6 Å². The number of hydrogen-bond acceptors (Lipinski definition) is 2. The van der Waals surface area contributed by atoms with Crippen molar-refractivity contribution in [2.75, 3.05) is 19.6 Å². The van der Waals surface area contributed by atoms with Crippen LogP contribution in [0.2, 0.25) is 0 Å². The molecule has 2 aliphatic rings. The molecule has 0 unspecified atom stereocenters. The van der Waals surface area contributed by atoms with Crippen molar-refractivity contribution in [3.63, 3.8) is 0 Å². The number of amides is 2. The monoisotopic (exact) mass is 292 g/mol. The maximum absolute atomic E-state index is 12.2. The first kappa shape index (κ1) is 16.1. The van der Waals surface area contributed by atoms with Gasteiger partial charge < -0.3 is 10.2 Å².